The fraction of sp³-hybridized carbons (Fsp3) is 0. The van der Waals surface area contributed by atoms with Crippen molar-refractivity contribution in [3.63, 3.8) is 0 Å². The summed E-state index contributed by atoms with van der Waals surface area (Å²) in [6, 6.07) is 16.0. The van der Waals surface area contributed by atoms with Crippen LogP contribution in [0.2, 0.25) is 0 Å². The van der Waals surface area contributed by atoms with Crippen molar-refractivity contribution in [3.05, 3.63) is 159 Å². The van der Waals surface area contributed by atoms with Gasteiger partial charge >= 0.3 is 35.6 Å². The first-order valence-corrected chi connectivity index (χ1v) is 9.79. The van der Waals surface area contributed by atoms with Gasteiger partial charge in [0.15, 0.2) is 12.4 Å². The Balaban J connectivity index is -0.000000145. The Morgan fingerprint density at radius 1 is 0.419 bits per heavy atom. The predicted octanol–water partition coefficient (Wildman–Crippen LogP) is 0.906. The standard InChI is InChI=1S/2C10H8N2.La.4NO3.2H2O/c2*1-5-11-6-2-9(1)10-3-7-12-8-4-10;;4*2-1(3)4;;/h2*1-8H;;;;;;2*1H2/q;;+3;4*-1;;/p+3. The molecule has 0 fully saturated rings. The number of hydrogen-bond acceptors (Lipinski definition) is 15. The molecule has 4 aromatic heterocycles. The Morgan fingerprint density at radius 3 is 0.767 bits per heavy atom. The molecule has 0 atom stereocenters. The fourth-order valence-corrected chi connectivity index (χ4v) is 2.21. The molecule has 23 heteroatoms. The van der Waals surface area contributed by atoms with E-state index in [2.05, 4.69) is 19.9 Å². The summed E-state index contributed by atoms with van der Waals surface area (Å²) in [7, 11) is 0. The van der Waals surface area contributed by atoms with E-state index in [0.29, 0.717) is 0 Å². The largest absolute Gasteiger partial charge is 3.00 e. The van der Waals surface area contributed by atoms with Crippen molar-refractivity contribution < 1.29 is 71.9 Å². The van der Waals surface area contributed by atoms with Crippen molar-refractivity contribution in [2.24, 2.45) is 0 Å². The molecule has 0 radical (unpaired) electrons. The van der Waals surface area contributed by atoms with Gasteiger partial charge in [0.25, 0.3) is 0 Å². The molecule has 0 aliphatic heterocycles. The number of nitrogens with zero attached hydrogens (tertiary/aromatic N) is 7. The third-order valence-electron chi connectivity index (χ3n) is 3.43. The monoisotopic (exact) mass is 738 g/mol. The topological polar surface area (TPSA) is 384 Å². The molecule has 0 aromatic carbocycles. The Labute approximate surface area is 267 Å². The van der Waals surface area contributed by atoms with Crippen LogP contribution in [0.15, 0.2) is 98.1 Å². The Kier molecular flexibility index (Phi) is 34.2. The first-order valence-electron chi connectivity index (χ1n) is 9.79. The zero-order valence-electron chi connectivity index (χ0n) is 21.5. The number of nitrogens with one attached hydrogen (secondary N) is 1. The number of H-pyrrole nitrogens is 1. The summed E-state index contributed by atoms with van der Waals surface area (Å²) < 4.78 is 0. The van der Waals surface area contributed by atoms with Gasteiger partial charge in [-0.1, -0.05) is 0 Å². The second-order valence-electron chi connectivity index (χ2n) is 5.89. The van der Waals surface area contributed by atoms with E-state index in [9.17, 15) is 0 Å². The molecule has 0 spiro atoms. The maximum Gasteiger partial charge on any atom is 3.00 e. The van der Waals surface area contributed by atoms with Gasteiger partial charge in [-0.25, -0.2) is 4.98 Å². The van der Waals surface area contributed by atoms with Crippen LogP contribution in [-0.4, -0.2) is 35.3 Å². The van der Waals surface area contributed by atoms with Crippen LogP contribution >= 0.6 is 0 Å². The van der Waals surface area contributed by atoms with Crippen molar-refractivity contribution >= 4 is 0 Å². The van der Waals surface area contributed by atoms with Crippen LogP contribution < -0.4 is 4.98 Å². The molecule has 0 unspecified atom stereocenters. The molecule has 43 heavy (non-hydrogen) atoms. The second-order valence-corrected chi connectivity index (χ2v) is 5.89. The first kappa shape index (κ1) is 47.3. The van der Waals surface area contributed by atoms with Gasteiger partial charge in [0, 0.05) is 49.3 Å². The maximum absolute atomic E-state index is 8.25. The van der Waals surface area contributed by atoms with Crippen LogP contribution in [-0.2, 0) is 11.0 Å². The van der Waals surface area contributed by atoms with Crippen molar-refractivity contribution in [3.8, 4) is 22.3 Å². The molecule has 0 aliphatic carbocycles. The summed E-state index contributed by atoms with van der Waals surface area (Å²) in [5, 5.41) is 59.0. The van der Waals surface area contributed by atoms with E-state index in [1.807, 2.05) is 60.9 Å². The molecule has 0 bridgehead atoms. The minimum absolute atomic E-state index is 0. The summed E-state index contributed by atoms with van der Waals surface area (Å²) in [4.78, 5) is 47.9. The molecule has 0 aliphatic rings. The SMILES string of the molecule is O=[N+]([O-])[O-].O=[N+]([O-])[O-].O=[N+]([O-])[O-].O=[N+]([O-])[O-].[La+3].[OH3+].[OH3+].c1cc(-c2cc[nH+]cc2)ccn1.c1cc(-c2ccncc2)ccn1. The zero-order valence-corrected chi connectivity index (χ0v) is 25.1. The molecule has 0 amide bonds. The van der Waals surface area contributed by atoms with Gasteiger partial charge in [-0.15, -0.1) is 0 Å². The number of aromatic nitrogens is 4. The summed E-state index contributed by atoms with van der Waals surface area (Å²) in [6.07, 6.45) is 14.6. The van der Waals surface area contributed by atoms with E-state index >= 15 is 0 Å². The Morgan fingerprint density at radius 2 is 0.581 bits per heavy atom. The van der Waals surface area contributed by atoms with Crippen LogP contribution in [0.5, 0.6) is 0 Å². The smallest absolute Gasteiger partial charge is 0.457 e. The van der Waals surface area contributed by atoms with Gasteiger partial charge in [-0.3, -0.25) is 15.0 Å². The van der Waals surface area contributed by atoms with Gasteiger partial charge in [-0.2, -0.15) is 0 Å². The normalized spacial score (nSPS) is 7.63. The van der Waals surface area contributed by atoms with Gasteiger partial charge in [-0.05, 0) is 58.7 Å². The molecule has 4 rings (SSSR count). The van der Waals surface area contributed by atoms with Crippen LogP contribution in [0, 0.1) is 96.9 Å². The van der Waals surface area contributed by atoms with Crippen molar-refractivity contribution in [2.45, 2.75) is 0 Å². The minimum atomic E-state index is -1.75. The van der Waals surface area contributed by atoms with Crippen LogP contribution in [0.25, 0.3) is 22.3 Å². The Hall–Kier alpha value is -5.49. The molecule has 22 nitrogen and oxygen atoms in total. The van der Waals surface area contributed by atoms with E-state index in [0.717, 1.165) is 0 Å². The second kappa shape index (κ2) is 31.0. The number of aromatic amines is 1. The maximum atomic E-state index is 8.25. The van der Waals surface area contributed by atoms with Crippen molar-refractivity contribution in [1.29, 1.82) is 0 Å². The summed E-state index contributed by atoms with van der Waals surface area (Å²) in [5.41, 5.74) is 4.75. The predicted molar refractivity (Wildman–Crippen MR) is 145 cm³/mol. The molecular formula is C20H23LaN8O14+2. The first-order chi connectivity index (χ1) is 18.9. The van der Waals surface area contributed by atoms with E-state index in [4.69, 9.17) is 61.3 Å². The number of pyridine rings is 4. The molecule has 0 saturated heterocycles. The molecule has 4 heterocycles. The van der Waals surface area contributed by atoms with Gasteiger partial charge < -0.3 is 72.2 Å². The molecule has 228 valence electrons. The summed E-state index contributed by atoms with van der Waals surface area (Å²) in [6.45, 7) is 0. The fourth-order valence-electron chi connectivity index (χ4n) is 2.21. The average Bonchev–Trinajstić information content (AvgIpc) is 2.90. The average molecular weight is 738 g/mol. The quantitative estimate of drug-likeness (QED) is 0.157. The van der Waals surface area contributed by atoms with E-state index in [1.54, 1.807) is 37.2 Å². The van der Waals surface area contributed by atoms with Crippen molar-refractivity contribution in [2.75, 3.05) is 0 Å². The van der Waals surface area contributed by atoms with Crippen LogP contribution in [0.1, 0.15) is 0 Å². The van der Waals surface area contributed by atoms with Crippen LogP contribution in [0.4, 0.5) is 0 Å². The number of rotatable bonds is 2. The van der Waals surface area contributed by atoms with E-state index in [-0.39, 0.29) is 46.6 Å². The van der Waals surface area contributed by atoms with Crippen molar-refractivity contribution in [1.82, 2.24) is 15.0 Å². The number of hydrogen-bond donors (Lipinski definition) is 0. The third-order valence-corrected chi connectivity index (χ3v) is 3.43. The minimum Gasteiger partial charge on any atom is -0.457 e. The van der Waals surface area contributed by atoms with Crippen LogP contribution in [0.3, 0.4) is 0 Å². The summed E-state index contributed by atoms with van der Waals surface area (Å²) in [5.74, 6) is 0. The molecular weight excluding hydrogens is 715 g/mol. The van der Waals surface area contributed by atoms with Gasteiger partial charge in [0.1, 0.15) is 0 Å². The van der Waals surface area contributed by atoms with E-state index in [1.165, 1.54) is 22.3 Å². The zero-order chi connectivity index (χ0) is 30.8. The van der Waals surface area contributed by atoms with Gasteiger partial charge in [0.05, 0.1) is 20.3 Å². The third kappa shape index (κ3) is 36.5. The summed E-state index contributed by atoms with van der Waals surface area (Å²) >= 11 is 0. The Bertz CT molecular complexity index is 1040. The molecule has 7 N–H and O–H groups in total. The molecule has 0 saturated carbocycles. The van der Waals surface area contributed by atoms with E-state index < -0.39 is 20.3 Å². The van der Waals surface area contributed by atoms with Gasteiger partial charge in [0.2, 0.25) is 0 Å². The molecule has 4 aromatic rings.